The molecule has 0 aliphatic heterocycles. The Balaban J connectivity index is 1.72. The van der Waals surface area contributed by atoms with Crippen LogP contribution in [0.15, 0.2) is 35.7 Å². The third kappa shape index (κ3) is 3.91. The topological polar surface area (TPSA) is 83.6 Å². The van der Waals surface area contributed by atoms with Crippen molar-refractivity contribution in [2.45, 2.75) is 61.9 Å². The molecule has 1 N–H and O–H groups in total. The summed E-state index contributed by atoms with van der Waals surface area (Å²) in [6, 6.07) is 10.3. The average Bonchev–Trinajstić information content (AvgIpc) is 3.10. The molecule has 6 nitrogen and oxygen atoms in total. The van der Waals surface area contributed by atoms with E-state index in [0.717, 1.165) is 43.4 Å². The summed E-state index contributed by atoms with van der Waals surface area (Å²) in [6.45, 7) is 3.87. The fourth-order valence-corrected chi connectivity index (χ4v) is 4.11. The number of benzene rings is 1. The number of nitrogens with one attached hydrogen (secondary N) is 1. The lowest BCUT2D eigenvalue weighted by Gasteiger charge is -2.32. The van der Waals surface area contributed by atoms with Crippen molar-refractivity contribution < 1.29 is 4.79 Å². The first kappa shape index (κ1) is 18.5. The molecule has 2 aromatic rings. The molecule has 1 fully saturated rings. The van der Waals surface area contributed by atoms with E-state index in [2.05, 4.69) is 21.6 Å². The van der Waals surface area contributed by atoms with Crippen molar-refractivity contribution in [1.29, 1.82) is 5.26 Å². The first-order valence-corrected chi connectivity index (χ1v) is 9.78. The quantitative estimate of drug-likeness (QED) is 0.817. The molecule has 1 saturated carbocycles. The van der Waals surface area contributed by atoms with Crippen molar-refractivity contribution in [1.82, 2.24) is 20.1 Å². The van der Waals surface area contributed by atoms with E-state index in [1.54, 1.807) is 6.33 Å². The molecule has 1 aliphatic carbocycles. The third-order valence-corrected chi connectivity index (χ3v) is 5.88. The van der Waals surface area contributed by atoms with Crippen LogP contribution in [0.25, 0.3) is 5.69 Å². The normalized spacial score (nSPS) is 17.3. The van der Waals surface area contributed by atoms with Crippen LogP contribution in [0.1, 0.15) is 44.6 Å². The van der Waals surface area contributed by atoms with Crippen LogP contribution in [0.2, 0.25) is 0 Å². The Kier molecular flexibility index (Phi) is 5.62. The Bertz CT molecular complexity index is 819. The number of aromatic nitrogens is 3. The maximum Gasteiger partial charge on any atom is 0.234 e. The smallest absolute Gasteiger partial charge is 0.234 e. The van der Waals surface area contributed by atoms with Crippen molar-refractivity contribution in [3.05, 3.63) is 36.2 Å². The molecule has 0 saturated heterocycles. The fraction of sp³-hybridized carbons (Fsp3) is 0.474. The van der Waals surface area contributed by atoms with E-state index in [-0.39, 0.29) is 11.2 Å². The summed E-state index contributed by atoms with van der Waals surface area (Å²) in [7, 11) is 0. The number of aryl methyl sites for hydroxylation is 1. The van der Waals surface area contributed by atoms with E-state index in [0.29, 0.717) is 5.16 Å². The van der Waals surface area contributed by atoms with E-state index in [1.165, 1.54) is 11.8 Å². The number of hydrogen-bond acceptors (Lipinski definition) is 5. The van der Waals surface area contributed by atoms with Crippen LogP contribution in [0.3, 0.4) is 0 Å². The van der Waals surface area contributed by atoms with Crippen LogP contribution in [0.5, 0.6) is 0 Å². The van der Waals surface area contributed by atoms with Gasteiger partial charge in [-0.2, -0.15) is 5.26 Å². The number of nitrogens with zero attached hydrogens (tertiary/aromatic N) is 4. The van der Waals surface area contributed by atoms with Gasteiger partial charge in [0.2, 0.25) is 5.91 Å². The van der Waals surface area contributed by atoms with Crippen LogP contribution in [-0.4, -0.2) is 31.5 Å². The summed E-state index contributed by atoms with van der Waals surface area (Å²) in [6.07, 6.45) is 6.21. The summed E-state index contributed by atoms with van der Waals surface area (Å²) in [4.78, 5) is 12.7. The molecule has 0 bridgehead atoms. The first-order valence-electron chi connectivity index (χ1n) is 8.91. The third-order valence-electron chi connectivity index (χ3n) is 4.83. The lowest BCUT2D eigenvalue weighted by Crippen LogP contribution is -2.50. The van der Waals surface area contributed by atoms with E-state index in [4.69, 9.17) is 0 Å². The number of nitriles is 1. The van der Waals surface area contributed by atoms with Crippen molar-refractivity contribution in [3.8, 4) is 11.8 Å². The van der Waals surface area contributed by atoms with Gasteiger partial charge < -0.3 is 5.32 Å². The molecule has 1 aromatic heterocycles. The summed E-state index contributed by atoms with van der Waals surface area (Å²) in [5.41, 5.74) is 1.39. The molecule has 7 heteroatoms. The van der Waals surface area contributed by atoms with E-state index < -0.39 is 5.54 Å². The number of para-hydroxylation sites is 1. The van der Waals surface area contributed by atoms with Gasteiger partial charge in [0.25, 0.3) is 0 Å². The Morgan fingerprint density at radius 1 is 1.35 bits per heavy atom. The van der Waals surface area contributed by atoms with Crippen molar-refractivity contribution in [3.63, 3.8) is 0 Å². The van der Waals surface area contributed by atoms with Crippen LogP contribution < -0.4 is 5.32 Å². The van der Waals surface area contributed by atoms with E-state index in [9.17, 15) is 10.1 Å². The molecule has 26 heavy (non-hydrogen) atoms. The number of rotatable bonds is 5. The summed E-state index contributed by atoms with van der Waals surface area (Å²) >= 11 is 1.35. The number of carbonyl (C=O) groups excluding carboxylic acids is 1. The molecule has 1 aliphatic rings. The number of hydrogen-bond donors (Lipinski definition) is 1. The minimum absolute atomic E-state index is 0.127. The van der Waals surface area contributed by atoms with Gasteiger partial charge in [-0.1, -0.05) is 49.2 Å². The lowest BCUT2D eigenvalue weighted by atomic mass is 9.83. The second kappa shape index (κ2) is 7.92. The predicted molar refractivity (Wildman–Crippen MR) is 101 cm³/mol. The van der Waals surface area contributed by atoms with Gasteiger partial charge in [0.05, 0.1) is 17.0 Å². The second-order valence-electron chi connectivity index (χ2n) is 6.77. The van der Waals surface area contributed by atoms with Gasteiger partial charge in [0, 0.05) is 0 Å². The highest BCUT2D eigenvalue weighted by atomic mass is 32.2. The van der Waals surface area contributed by atoms with E-state index in [1.807, 2.05) is 42.7 Å². The number of carbonyl (C=O) groups is 1. The zero-order chi connectivity index (χ0) is 18.6. The van der Waals surface area contributed by atoms with Crippen LogP contribution in [0.4, 0.5) is 0 Å². The summed E-state index contributed by atoms with van der Waals surface area (Å²) in [5, 5.41) is 21.0. The zero-order valence-corrected chi connectivity index (χ0v) is 15.9. The monoisotopic (exact) mass is 369 g/mol. The molecular formula is C19H23N5OS. The lowest BCUT2D eigenvalue weighted by molar-refractivity contribution is -0.121. The molecular weight excluding hydrogens is 346 g/mol. The van der Waals surface area contributed by atoms with Gasteiger partial charge in [0.1, 0.15) is 11.9 Å². The summed E-state index contributed by atoms with van der Waals surface area (Å²) < 4.78 is 1.89. The highest BCUT2D eigenvalue weighted by Gasteiger charge is 2.35. The van der Waals surface area contributed by atoms with Crippen LogP contribution >= 0.6 is 11.8 Å². The predicted octanol–water partition coefficient (Wildman–Crippen LogP) is 3.40. The van der Waals surface area contributed by atoms with Gasteiger partial charge in [-0.3, -0.25) is 9.36 Å². The minimum atomic E-state index is -0.714. The number of amides is 1. The number of thioether (sulfide) groups is 1. The van der Waals surface area contributed by atoms with Gasteiger partial charge in [0.15, 0.2) is 5.16 Å². The molecule has 0 spiro atoms. The molecule has 1 atom stereocenters. The van der Waals surface area contributed by atoms with Gasteiger partial charge in [-0.05, 0) is 38.3 Å². The Morgan fingerprint density at radius 2 is 2.08 bits per heavy atom. The molecule has 136 valence electrons. The fourth-order valence-electron chi connectivity index (χ4n) is 3.27. The molecule has 1 heterocycles. The summed E-state index contributed by atoms with van der Waals surface area (Å²) in [5.74, 6) is -0.127. The molecule has 1 aromatic carbocycles. The van der Waals surface area contributed by atoms with Gasteiger partial charge >= 0.3 is 0 Å². The SMILES string of the molecule is Cc1ccccc1-n1cnnc1SC(C)C(=O)NC1(C#N)CCCCC1. The maximum absolute atomic E-state index is 12.7. The first-order chi connectivity index (χ1) is 12.5. The van der Waals surface area contributed by atoms with Gasteiger partial charge in [-0.15, -0.1) is 10.2 Å². The molecule has 1 unspecified atom stereocenters. The van der Waals surface area contributed by atoms with Crippen molar-refractivity contribution in [2.24, 2.45) is 0 Å². The molecule has 0 radical (unpaired) electrons. The highest BCUT2D eigenvalue weighted by Crippen LogP contribution is 2.29. The largest absolute Gasteiger partial charge is 0.337 e. The zero-order valence-electron chi connectivity index (χ0n) is 15.1. The molecule has 3 rings (SSSR count). The maximum atomic E-state index is 12.7. The average molecular weight is 369 g/mol. The van der Waals surface area contributed by atoms with Crippen LogP contribution in [-0.2, 0) is 4.79 Å². The van der Waals surface area contributed by atoms with Crippen molar-refractivity contribution >= 4 is 17.7 Å². The Hall–Kier alpha value is -2.33. The van der Waals surface area contributed by atoms with Crippen molar-refractivity contribution in [2.75, 3.05) is 0 Å². The van der Waals surface area contributed by atoms with Crippen LogP contribution in [0, 0.1) is 18.3 Å². The Morgan fingerprint density at radius 3 is 2.77 bits per heavy atom. The molecule has 1 amide bonds. The highest BCUT2D eigenvalue weighted by molar-refractivity contribution is 8.00. The second-order valence-corrected chi connectivity index (χ2v) is 8.08. The van der Waals surface area contributed by atoms with Gasteiger partial charge in [-0.25, -0.2) is 0 Å². The Labute approximate surface area is 158 Å². The van der Waals surface area contributed by atoms with E-state index >= 15 is 0 Å². The minimum Gasteiger partial charge on any atom is -0.337 e. The standard InChI is InChI=1S/C19H23N5OS/c1-14-8-4-5-9-16(14)24-13-21-23-18(24)26-15(2)17(25)22-19(12-20)10-6-3-7-11-19/h4-5,8-9,13,15H,3,6-7,10-11H2,1-2H3,(H,22,25).